The maximum atomic E-state index is 12.0. The molecular weight excluding hydrogens is 224 g/mol. The molecule has 2 nitrogen and oxygen atoms in total. The molecule has 0 heterocycles. The summed E-state index contributed by atoms with van der Waals surface area (Å²) in [7, 11) is 0. The second-order valence-electron chi connectivity index (χ2n) is 4.88. The van der Waals surface area contributed by atoms with Crippen molar-refractivity contribution in [3.8, 4) is 5.75 Å². The SMILES string of the molecule is O=C(Oc1cccc2ccccc12)C1CCCC1. The number of rotatable bonds is 2. The van der Waals surface area contributed by atoms with Crippen LogP contribution < -0.4 is 4.74 Å². The van der Waals surface area contributed by atoms with Crippen LogP contribution in [0.3, 0.4) is 0 Å². The van der Waals surface area contributed by atoms with Crippen LogP contribution in [0, 0.1) is 5.92 Å². The Labute approximate surface area is 107 Å². The van der Waals surface area contributed by atoms with Gasteiger partial charge in [0.1, 0.15) is 5.75 Å². The molecule has 1 saturated carbocycles. The van der Waals surface area contributed by atoms with E-state index >= 15 is 0 Å². The molecular formula is C16H16O2. The number of hydrogen-bond acceptors (Lipinski definition) is 2. The summed E-state index contributed by atoms with van der Waals surface area (Å²) in [5, 5.41) is 2.11. The molecule has 0 spiro atoms. The molecule has 0 radical (unpaired) electrons. The Hall–Kier alpha value is -1.83. The lowest BCUT2D eigenvalue weighted by atomic mass is 10.1. The van der Waals surface area contributed by atoms with Crippen molar-refractivity contribution in [3.05, 3.63) is 42.5 Å². The van der Waals surface area contributed by atoms with Gasteiger partial charge in [-0.3, -0.25) is 4.79 Å². The molecule has 0 bridgehead atoms. The van der Waals surface area contributed by atoms with E-state index in [-0.39, 0.29) is 11.9 Å². The van der Waals surface area contributed by atoms with Crippen molar-refractivity contribution < 1.29 is 9.53 Å². The zero-order valence-electron chi connectivity index (χ0n) is 10.3. The number of fused-ring (bicyclic) bond motifs is 1. The van der Waals surface area contributed by atoms with Gasteiger partial charge in [-0.15, -0.1) is 0 Å². The standard InChI is InChI=1S/C16H16O2/c17-16(13-7-1-2-8-13)18-15-11-5-9-12-6-3-4-10-14(12)15/h3-6,9-11,13H,1-2,7-8H2. The first-order chi connectivity index (χ1) is 8.84. The third-order valence-electron chi connectivity index (χ3n) is 3.65. The fourth-order valence-electron chi connectivity index (χ4n) is 2.64. The second kappa shape index (κ2) is 4.81. The third-order valence-corrected chi connectivity index (χ3v) is 3.65. The van der Waals surface area contributed by atoms with Gasteiger partial charge in [-0.05, 0) is 24.3 Å². The van der Waals surface area contributed by atoms with Crippen LogP contribution in [0.15, 0.2) is 42.5 Å². The summed E-state index contributed by atoms with van der Waals surface area (Å²) >= 11 is 0. The van der Waals surface area contributed by atoms with E-state index in [0.29, 0.717) is 5.75 Å². The maximum absolute atomic E-state index is 12.0. The summed E-state index contributed by atoms with van der Waals surface area (Å²) in [6, 6.07) is 13.8. The number of esters is 1. The summed E-state index contributed by atoms with van der Waals surface area (Å²) in [6.07, 6.45) is 4.25. The van der Waals surface area contributed by atoms with E-state index in [4.69, 9.17) is 4.74 Å². The average molecular weight is 240 g/mol. The molecule has 0 N–H and O–H groups in total. The molecule has 0 atom stereocenters. The lowest BCUT2D eigenvalue weighted by Crippen LogP contribution is -2.17. The number of ether oxygens (including phenoxy) is 1. The zero-order chi connectivity index (χ0) is 12.4. The van der Waals surface area contributed by atoms with Crippen LogP contribution in [0.4, 0.5) is 0 Å². The van der Waals surface area contributed by atoms with Gasteiger partial charge in [-0.2, -0.15) is 0 Å². The predicted molar refractivity (Wildman–Crippen MR) is 71.5 cm³/mol. The molecule has 3 rings (SSSR count). The van der Waals surface area contributed by atoms with Crippen LogP contribution >= 0.6 is 0 Å². The number of benzene rings is 2. The van der Waals surface area contributed by atoms with Gasteiger partial charge in [0, 0.05) is 5.39 Å². The molecule has 1 aliphatic carbocycles. The summed E-state index contributed by atoms with van der Waals surface area (Å²) in [5.74, 6) is 0.720. The monoisotopic (exact) mass is 240 g/mol. The lowest BCUT2D eigenvalue weighted by molar-refractivity contribution is -0.138. The first-order valence-electron chi connectivity index (χ1n) is 6.54. The minimum atomic E-state index is -0.0659. The summed E-state index contributed by atoms with van der Waals surface area (Å²) < 4.78 is 5.57. The van der Waals surface area contributed by atoms with Crippen molar-refractivity contribution in [2.45, 2.75) is 25.7 Å². The third kappa shape index (κ3) is 2.10. The van der Waals surface area contributed by atoms with Gasteiger partial charge in [-0.1, -0.05) is 49.2 Å². The highest BCUT2D eigenvalue weighted by atomic mass is 16.5. The van der Waals surface area contributed by atoms with Crippen LogP contribution in [0.25, 0.3) is 10.8 Å². The summed E-state index contributed by atoms with van der Waals surface area (Å²) in [6.45, 7) is 0. The molecule has 2 aromatic rings. The molecule has 1 aliphatic rings. The smallest absolute Gasteiger partial charge is 0.314 e. The fraction of sp³-hybridized carbons (Fsp3) is 0.312. The maximum Gasteiger partial charge on any atom is 0.314 e. The van der Waals surface area contributed by atoms with E-state index in [1.165, 1.54) is 0 Å². The molecule has 0 aliphatic heterocycles. The molecule has 0 unspecified atom stereocenters. The van der Waals surface area contributed by atoms with Crippen LogP contribution in [0.2, 0.25) is 0 Å². The molecule has 0 saturated heterocycles. The molecule has 2 aromatic carbocycles. The van der Waals surface area contributed by atoms with Crippen LogP contribution in [0.5, 0.6) is 5.75 Å². The van der Waals surface area contributed by atoms with Gasteiger partial charge in [0.25, 0.3) is 0 Å². The molecule has 0 aromatic heterocycles. The minimum absolute atomic E-state index is 0.0659. The average Bonchev–Trinajstić information content (AvgIpc) is 2.93. The Kier molecular flexibility index (Phi) is 3.01. The van der Waals surface area contributed by atoms with Crippen molar-refractivity contribution in [1.82, 2.24) is 0 Å². The number of hydrogen-bond donors (Lipinski definition) is 0. The predicted octanol–water partition coefficient (Wildman–Crippen LogP) is 3.94. The van der Waals surface area contributed by atoms with Crippen LogP contribution in [-0.2, 0) is 4.79 Å². The highest BCUT2D eigenvalue weighted by Crippen LogP contribution is 2.29. The zero-order valence-corrected chi connectivity index (χ0v) is 10.3. The fourth-order valence-corrected chi connectivity index (χ4v) is 2.64. The molecule has 92 valence electrons. The largest absolute Gasteiger partial charge is 0.426 e. The normalized spacial score (nSPS) is 16.0. The van der Waals surface area contributed by atoms with Gasteiger partial charge >= 0.3 is 5.97 Å². The molecule has 0 amide bonds. The van der Waals surface area contributed by atoms with E-state index < -0.39 is 0 Å². The molecule has 2 heteroatoms. The molecule has 18 heavy (non-hydrogen) atoms. The van der Waals surface area contributed by atoms with E-state index in [0.717, 1.165) is 36.5 Å². The summed E-state index contributed by atoms with van der Waals surface area (Å²) in [5.41, 5.74) is 0. The highest BCUT2D eigenvalue weighted by molar-refractivity contribution is 5.90. The number of carbonyl (C=O) groups excluding carboxylic acids is 1. The highest BCUT2D eigenvalue weighted by Gasteiger charge is 2.24. The Bertz CT molecular complexity index is 563. The number of carbonyl (C=O) groups is 1. The Morgan fingerprint density at radius 1 is 1.00 bits per heavy atom. The van der Waals surface area contributed by atoms with Gasteiger partial charge < -0.3 is 4.74 Å². The Morgan fingerprint density at radius 2 is 1.72 bits per heavy atom. The minimum Gasteiger partial charge on any atom is -0.426 e. The summed E-state index contributed by atoms with van der Waals surface area (Å²) in [4.78, 5) is 12.0. The van der Waals surface area contributed by atoms with Crippen molar-refractivity contribution in [3.63, 3.8) is 0 Å². The quantitative estimate of drug-likeness (QED) is 0.587. The molecule has 1 fully saturated rings. The van der Waals surface area contributed by atoms with E-state index in [9.17, 15) is 4.79 Å². The Morgan fingerprint density at radius 3 is 2.56 bits per heavy atom. The van der Waals surface area contributed by atoms with E-state index in [1.54, 1.807) is 0 Å². The van der Waals surface area contributed by atoms with Crippen LogP contribution in [-0.4, -0.2) is 5.97 Å². The topological polar surface area (TPSA) is 26.3 Å². The van der Waals surface area contributed by atoms with Crippen molar-refractivity contribution >= 4 is 16.7 Å². The lowest BCUT2D eigenvalue weighted by Gasteiger charge is -2.11. The first-order valence-corrected chi connectivity index (χ1v) is 6.54. The van der Waals surface area contributed by atoms with Gasteiger partial charge in [-0.25, -0.2) is 0 Å². The van der Waals surface area contributed by atoms with Crippen molar-refractivity contribution in [2.24, 2.45) is 5.92 Å². The van der Waals surface area contributed by atoms with Crippen molar-refractivity contribution in [2.75, 3.05) is 0 Å². The second-order valence-corrected chi connectivity index (χ2v) is 4.88. The Balaban J connectivity index is 1.88. The van der Waals surface area contributed by atoms with Gasteiger partial charge in [0.15, 0.2) is 0 Å². The first kappa shape index (κ1) is 11.3. The van der Waals surface area contributed by atoms with E-state index in [1.807, 2.05) is 42.5 Å². The van der Waals surface area contributed by atoms with E-state index in [2.05, 4.69) is 0 Å². The van der Waals surface area contributed by atoms with Crippen molar-refractivity contribution in [1.29, 1.82) is 0 Å². The van der Waals surface area contributed by atoms with Gasteiger partial charge in [0.05, 0.1) is 5.92 Å². The van der Waals surface area contributed by atoms with Crippen LogP contribution in [0.1, 0.15) is 25.7 Å². The van der Waals surface area contributed by atoms with Gasteiger partial charge in [0.2, 0.25) is 0 Å².